The van der Waals surface area contributed by atoms with Gasteiger partial charge in [0.15, 0.2) is 0 Å². The van der Waals surface area contributed by atoms with Crippen LogP contribution in [-0.4, -0.2) is 59.1 Å². The van der Waals surface area contributed by atoms with Gasteiger partial charge in [0.05, 0.1) is 11.6 Å². The molecule has 1 aliphatic heterocycles. The second-order valence-corrected chi connectivity index (χ2v) is 5.81. The van der Waals surface area contributed by atoms with Gasteiger partial charge in [0.1, 0.15) is 24.2 Å². The average molecular weight is 330 g/mol. The van der Waals surface area contributed by atoms with Gasteiger partial charge in [-0.2, -0.15) is 0 Å². The lowest BCUT2D eigenvalue weighted by Crippen LogP contribution is -2.42. The highest BCUT2D eigenvalue weighted by molar-refractivity contribution is 5.76. The fourth-order valence-electron chi connectivity index (χ4n) is 3.06. The summed E-state index contributed by atoms with van der Waals surface area (Å²) < 4.78 is 16.5. The second-order valence-electron chi connectivity index (χ2n) is 5.81. The van der Waals surface area contributed by atoms with Crippen LogP contribution in [0.15, 0.2) is 24.5 Å². The minimum absolute atomic E-state index is 0.0204. The highest BCUT2D eigenvalue weighted by Gasteiger charge is 2.26. The molecule has 1 amide bonds. The predicted molar refractivity (Wildman–Crippen MR) is 80.2 cm³/mol. The predicted octanol–water partition coefficient (Wildman–Crippen LogP) is 0.421. The van der Waals surface area contributed by atoms with Crippen molar-refractivity contribution in [1.29, 1.82) is 0 Å². The molecule has 24 heavy (non-hydrogen) atoms. The summed E-state index contributed by atoms with van der Waals surface area (Å²) in [5, 5.41) is 18.9. The van der Waals surface area contributed by atoms with Crippen LogP contribution < -0.4 is 0 Å². The van der Waals surface area contributed by atoms with Gasteiger partial charge >= 0.3 is 0 Å². The molecule has 4 rings (SSSR count). The number of fused-ring (bicyclic) bond motifs is 1. The fraction of sp³-hybridized carbons (Fsp3) is 0.429. The lowest BCUT2D eigenvalue weighted by Gasteiger charge is -2.32. The van der Waals surface area contributed by atoms with Crippen LogP contribution in [0.25, 0.3) is 11.0 Å². The van der Waals surface area contributed by atoms with Gasteiger partial charge in [0, 0.05) is 19.2 Å². The summed E-state index contributed by atoms with van der Waals surface area (Å²) in [6.07, 6.45) is 3.18. The Bertz CT molecular complexity index is 861. The van der Waals surface area contributed by atoms with Crippen LogP contribution in [0.1, 0.15) is 18.9 Å². The summed E-state index contributed by atoms with van der Waals surface area (Å²) in [5.41, 5.74) is 1.29. The summed E-state index contributed by atoms with van der Waals surface area (Å²) in [6.45, 7) is 1.35. The number of amides is 1. The molecule has 1 atom stereocenters. The van der Waals surface area contributed by atoms with E-state index in [0.29, 0.717) is 18.6 Å². The summed E-state index contributed by atoms with van der Waals surface area (Å²) in [6, 6.07) is 4.45. The van der Waals surface area contributed by atoms with E-state index in [4.69, 9.17) is 0 Å². The minimum atomic E-state index is -0.337. The lowest BCUT2D eigenvalue weighted by atomic mass is 10.1. The molecular formula is C14H15FN8O. The van der Waals surface area contributed by atoms with Crippen molar-refractivity contribution in [3.8, 4) is 0 Å². The molecule has 0 spiro atoms. The van der Waals surface area contributed by atoms with E-state index < -0.39 is 0 Å². The van der Waals surface area contributed by atoms with Gasteiger partial charge in [-0.15, -0.1) is 10.2 Å². The van der Waals surface area contributed by atoms with Crippen molar-refractivity contribution in [2.45, 2.75) is 25.4 Å². The van der Waals surface area contributed by atoms with E-state index in [-0.39, 0.29) is 24.3 Å². The number of likely N-dealkylation sites (tertiary alicyclic amines) is 1. The monoisotopic (exact) mass is 330 g/mol. The van der Waals surface area contributed by atoms with Gasteiger partial charge in [-0.1, -0.05) is 5.21 Å². The third-order valence-electron chi connectivity index (χ3n) is 4.22. The van der Waals surface area contributed by atoms with Crippen molar-refractivity contribution in [1.82, 2.24) is 40.1 Å². The van der Waals surface area contributed by atoms with E-state index >= 15 is 0 Å². The number of tetrazole rings is 1. The van der Waals surface area contributed by atoms with Gasteiger partial charge in [0.2, 0.25) is 5.91 Å². The number of hydrogen-bond donors (Lipinski definition) is 0. The third kappa shape index (κ3) is 2.70. The number of rotatable bonds is 3. The maximum atomic E-state index is 13.3. The number of piperidine rings is 1. The maximum absolute atomic E-state index is 13.3. The Labute approximate surface area is 136 Å². The molecular weight excluding hydrogens is 315 g/mol. The van der Waals surface area contributed by atoms with Crippen LogP contribution in [0.4, 0.5) is 4.39 Å². The zero-order valence-corrected chi connectivity index (χ0v) is 12.8. The van der Waals surface area contributed by atoms with Gasteiger partial charge in [0.25, 0.3) is 0 Å². The van der Waals surface area contributed by atoms with Crippen molar-refractivity contribution in [3.05, 3.63) is 30.3 Å². The van der Waals surface area contributed by atoms with Crippen LogP contribution in [0.2, 0.25) is 0 Å². The van der Waals surface area contributed by atoms with Gasteiger partial charge in [-0.25, -0.2) is 13.8 Å². The molecule has 10 heteroatoms. The van der Waals surface area contributed by atoms with Crippen molar-refractivity contribution in [2.75, 3.05) is 13.1 Å². The standard InChI is InChI=1S/C14H15FN8O/c15-10-3-4-13-12(6-10)17-19-23(13)11-2-1-5-21(7-11)14(24)8-22-9-16-18-20-22/h3-4,6,9,11H,1-2,5,7-8H2. The molecule has 3 heterocycles. The molecule has 1 fully saturated rings. The summed E-state index contributed by atoms with van der Waals surface area (Å²) in [5.74, 6) is -0.376. The number of nitrogens with zero attached hydrogens (tertiary/aromatic N) is 8. The van der Waals surface area contributed by atoms with E-state index in [1.807, 2.05) is 0 Å². The molecule has 1 aliphatic rings. The number of carbonyl (C=O) groups excluding carboxylic acids is 1. The molecule has 0 N–H and O–H groups in total. The maximum Gasteiger partial charge on any atom is 0.244 e. The first kappa shape index (κ1) is 14.7. The Balaban J connectivity index is 1.52. The highest BCUT2D eigenvalue weighted by Crippen LogP contribution is 2.25. The Kier molecular flexibility index (Phi) is 3.63. The largest absolute Gasteiger partial charge is 0.339 e. The summed E-state index contributed by atoms with van der Waals surface area (Å²) in [7, 11) is 0. The molecule has 1 unspecified atom stereocenters. The SMILES string of the molecule is O=C(Cn1cnnn1)N1CCCC(n2nnc3cc(F)ccc32)C1. The van der Waals surface area contributed by atoms with E-state index in [1.165, 1.54) is 23.1 Å². The molecule has 2 aromatic heterocycles. The number of aromatic nitrogens is 7. The Hall–Kier alpha value is -2.91. The van der Waals surface area contributed by atoms with Crippen molar-refractivity contribution >= 4 is 16.9 Å². The zero-order chi connectivity index (χ0) is 16.5. The number of benzene rings is 1. The molecule has 0 saturated carbocycles. The van der Waals surface area contributed by atoms with Crippen LogP contribution in [0.5, 0.6) is 0 Å². The topological polar surface area (TPSA) is 94.6 Å². The van der Waals surface area contributed by atoms with Crippen LogP contribution in [0, 0.1) is 5.82 Å². The van der Waals surface area contributed by atoms with Crippen LogP contribution >= 0.6 is 0 Å². The van der Waals surface area contributed by atoms with Crippen LogP contribution in [0.3, 0.4) is 0 Å². The van der Waals surface area contributed by atoms with E-state index in [1.54, 1.807) is 15.6 Å². The molecule has 1 aromatic carbocycles. The van der Waals surface area contributed by atoms with Crippen molar-refractivity contribution in [3.63, 3.8) is 0 Å². The molecule has 3 aromatic rings. The van der Waals surface area contributed by atoms with E-state index in [9.17, 15) is 9.18 Å². The molecule has 124 valence electrons. The van der Waals surface area contributed by atoms with Gasteiger partial charge in [-0.3, -0.25) is 4.79 Å². The molecule has 9 nitrogen and oxygen atoms in total. The number of carbonyl (C=O) groups is 1. The van der Waals surface area contributed by atoms with Gasteiger partial charge in [-0.05, 0) is 35.4 Å². The lowest BCUT2D eigenvalue weighted by molar-refractivity contribution is -0.133. The molecule has 0 radical (unpaired) electrons. The summed E-state index contributed by atoms with van der Waals surface area (Å²) >= 11 is 0. The average Bonchev–Trinajstić information content (AvgIpc) is 3.24. The molecule has 0 aliphatic carbocycles. The van der Waals surface area contributed by atoms with E-state index in [2.05, 4.69) is 25.8 Å². The highest BCUT2D eigenvalue weighted by atomic mass is 19.1. The Morgan fingerprint density at radius 3 is 3.08 bits per heavy atom. The second kappa shape index (κ2) is 5.95. The number of halogens is 1. The fourth-order valence-corrected chi connectivity index (χ4v) is 3.06. The van der Waals surface area contributed by atoms with Gasteiger partial charge < -0.3 is 4.90 Å². The zero-order valence-electron chi connectivity index (χ0n) is 12.8. The normalized spacial score (nSPS) is 18.2. The summed E-state index contributed by atoms with van der Waals surface area (Å²) in [4.78, 5) is 14.2. The first-order valence-electron chi connectivity index (χ1n) is 7.70. The quantitative estimate of drug-likeness (QED) is 0.691. The Morgan fingerprint density at radius 2 is 2.25 bits per heavy atom. The molecule has 0 bridgehead atoms. The Morgan fingerprint density at radius 1 is 1.33 bits per heavy atom. The minimum Gasteiger partial charge on any atom is -0.339 e. The van der Waals surface area contributed by atoms with Crippen LogP contribution in [-0.2, 0) is 11.3 Å². The van der Waals surface area contributed by atoms with Crippen molar-refractivity contribution in [2.24, 2.45) is 0 Å². The first-order valence-corrected chi connectivity index (χ1v) is 7.70. The number of hydrogen-bond acceptors (Lipinski definition) is 6. The first-order chi connectivity index (χ1) is 11.7. The molecule has 1 saturated heterocycles. The van der Waals surface area contributed by atoms with Crippen molar-refractivity contribution < 1.29 is 9.18 Å². The third-order valence-corrected chi connectivity index (χ3v) is 4.22. The smallest absolute Gasteiger partial charge is 0.244 e. The van der Waals surface area contributed by atoms with E-state index in [0.717, 1.165) is 18.4 Å².